The Bertz CT molecular complexity index is 1540. The molecule has 0 atom stereocenters. The van der Waals surface area contributed by atoms with Gasteiger partial charge in [-0.05, 0) is 17.7 Å². The lowest BCUT2D eigenvalue weighted by Crippen LogP contribution is -2.29. The lowest BCUT2D eigenvalue weighted by molar-refractivity contribution is -0.143. The van der Waals surface area contributed by atoms with E-state index in [0.717, 1.165) is 12.1 Å². The van der Waals surface area contributed by atoms with Gasteiger partial charge in [-0.25, -0.2) is 0 Å². The van der Waals surface area contributed by atoms with E-state index in [1.54, 1.807) is 0 Å². The smallest absolute Gasteiger partial charge is 0.192 e. The van der Waals surface area contributed by atoms with E-state index < -0.39 is 73.5 Å². The van der Waals surface area contributed by atoms with E-state index in [1.807, 2.05) is 0 Å². The maximum absolute atomic E-state index is 13.8. The van der Waals surface area contributed by atoms with Crippen molar-refractivity contribution in [2.75, 3.05) is 0 Å². The summed E-state index contributed by atoms with van der Waals surface area (Å²) in [7, 11) is 0. The van der Waals surface area contributed by atoms with Crippen molar-refractivity contribution in [3.05, 3.63) is 68.1 Å². The van der Waals surface area contributed by atoms with Gasteiger partial charge in [0.25, 0.3) is 0 Å². The highest BCUT2D eigenvalue weighted by atomic mass is 19.4. The van der Waals surface area contributed by atoms with Gasteiger partial charge in [0.05, 0.1) is 33.4 Å². The van der Waals surface area contributed by atoms with Crippen LogP contribution in [-0.2, 0) is 18.5 Å². The van der Waals surface area contributed by atoms with E-state index in [1.165, 1.54) is 18.2 Å². The fourth-order valence-electron chi connectivity index (χ4n) is 3.21. The molecule has 14 heteroatoms. The van der Waals surface area contributed by atoms with Crippen molar-refractivity contribution < 1.29 is 39.5 Å². The maximum Gasteiger partial charge on any atom is 0.418 e. The minimum Gasteiger partial charge on any atom is -0.192 e. The minimum absolute atomic E-state index is 0.0310. The highest BCUT2D eigenvalue weighted by molar-refractivity contribution is 5.80. The van der Waals surface area contributed by atoms with Gasteiger partial charge in [-0.15, -0.1) is 0 Å². The monoisotopic (exact) mass is 509 g/mol. The molecule has 2 aromatic rings. The third-order valence-corrected chi connectivity index (χ3v) is 4.62. The summed E-state index contributed by atoms with van der Waals surface area (Å²) in [5, 5.41) is 43.6. The average Bonchev–Trinajstić information content (AvgIpc) is 2.78. The lowest BCUT2D eigenvalue weighted by Gasteiger charge is -2.17. The summed E-state index contributed by atoms with van der Waals surface area (Å²) in [6, 6.07) is 6.44. The highest BCUT2D eigenvalue weighted by Crippen LogP contribution is 2.41. The van der Waals surface area contributed by atoms with E-state index in [-0.39, 0.29) is 12.1 Å². The van der Waals surface area contributed by atoms with Crippen LogP contribution < -0.4 is 10.4 Å². The van der Waals surface area contributed by atoms with Gasteiger partial charge in [0.2, 0.25) is 0 Å². The molecule has 36 heavy (non-hydrogen) atoms. The largest absolute Gasteiger partial charge is 0.418 e. The summed E-state index contributed by atoms with van der Waals surface area (Å²) < 4.78 is 122. The molecule has 0 heterocycles. The van der Waals surface area contributed by atoms with Crippen LogP contribution in [0, 0.1) is 56.7 Å². The van der Waals surface area contributed by atoms with Crippen LogP contribution in [0.1, 0.15) is 33.4 Å². The lowest BCUT2D eigenvalue weighted by atomic mass is 9.91. The number of hydrogen-bond acceptors (Lipinski definition) is 5. The summed E-state index contributed by atoms with van der Waals surface area (Å²) in [5.41, 5.74) is -12.8. The molecular formula is C22H4F9N5. The van der Waals surface area contributed by atoms with E-state index in [2.05, 4.69) is 0 Å². The molecule has 0 bridgehead atoms. The number of halogens is 9. The van der Waals surface area contributed by atoms with Crippen molar-refractivity contribution in [1.82, 2.24) is 0 Å². The molecule has 0 saturated carbocycles. The summed E-state index contributed by atoms with van der Waals surface area (Å²) >= 11 is 0. The second-order valence-electron chi connectivity index (χ2n) is 6.66. The first-order chi connectivity index (χ1) is 16.6. The number of hydrogen-bond donors (Lipinski definition) is 0. The Kier molecular flexibility index (Phi) is 7.06. The van der Waals surface area contributed by atoms with Crippen LogP contribution in [-0.4, -0.2) is 0 Å². The zero-order chi connectivity index (χ0) is 27.6. The number of nitrogens with zero attached hydrogens (tertiary/aromatic N) is 5. The summed E-state index contributed by atoms with van der Waals surface area (Å²) in [6.07, 6.45) is -16.5. The van der Waals surface area contributed by atoms with Crippen LogP contribution in [0.3, 0.4) is 0 Å². The van der Waals surface area contributed by atoms with Gasteiger partial charge in [0, 0.05) is 10.4 Å². The Morgan fingerprint density at radius 2 is 1.03 bits per heavy atom. The van der Waals surface area contributed by atoms with Gasteiger partial charge < -0.3 is 0 Å². The van der Waals surface area contributed by atoms with E-state index in [9.17, 15) is 50.0 Å². The summed E-state index contributed by atoms with van der Waals surface area (Å²) in [6.45, 7) is 0. The Hall–Kier alpha value is -5.00. The van der Waals surface area contributed by atoms with Crippen LogP contribution in [0.25, 0.3) is 11.1 Å². The second-order valence-corrected chi connectivity index (χ2v) is 6.66. The third kappa shape index (κ3) is 4.92. The molecule has 0 aliphatic rings. The fraction of sp³-hybridized carbons (Fsp3) is 0.136. The number of rotatable bonds is 1. The number of nitriles is 5. The fourth-order valence-corrected chi connectivity index (χ4v) is 3.21. The molecule has 0 aliphatic carbocycles. The molecule has 0 aliphatic heterocycles. The summed E-state index contributed by atoms with van der Waals surface area (Å²) in [5.74, 6) is 0. The van der Waals surface area contributed by atoms with Gasteiger partial charge in [0.15, 0.2) is 0 Å². The quantitative estimate of drug-likeness (QED) is 0.528. The predicted octanol–water partition coefficient (Wildman–Crippen LogP) is 4.41. The molecular weight excluding hydrogens is 505 g/mol. The highest BCUT2D eigenvalue weighted by Gasteiger charge is 2.42. The molecule has 0 N–H and O–H groups in total. The molecule has 0 amide bonds. The Labute approximate surface area is 194 Å². The zero-order valence-electron chi connectivity index (χ0n) is 16.9. The van der Waals surface area contributed by atoms with Gasteiger partial charge in [-0.3, -0.25) is 0 Å². The van der Waals surface area contributed by atoms with Crippen molar-refractivity contribution in [2.45, 2.75) is 18.5 Å². The number of benzene rings is 2. The first-order valence-corrected chi connectivity index (χ1v) is 8.88. The standard InChI is InChI=1S/C22H4F9N5/c23-20(24,25)17-3-10(4-18(16(17)9-36)21(26,27)28)14(7-34)13-2-1-12(11(5-32)6-33)19(15(13)8-35)22(29,30)31/h1-4H/b14-13-. The molecule has 2 rings (SSSR count). The number of alkyl halides is 9. The molecule has 0 unspecified atom stereocenters. The maximum atomic E-state index is 13.8. The van der Waals surface area contributed by atoms with Gasteiger partial charge >= 0.3 is 18.5 Å². The molecule has 0 aromatic heterocycles. The minimum atomic E-state index is -5.54. The normalized spacial score (nSPS) is 12.3. The van der Waals surface area contributed by atoms with Gasteiger partial charge in [-0.1, -0.05) is 12.1 Å². The zero-order valence-corrected chi connectivity index (χ0v) is 16.9. The van der Waals surface area contributed by atoms with Crippen LogP contribution in [0.4, 0.5) is 39.5 Å². The molecule has 0 spiro atoms. The van der Waals surface area contributed by atoms with Crippen molar-refractivity contribution in [3.8, 4) is 30.3 Å². The predicted molar refractivity (Wildman–Crippen MR) is 99.3 cm³/mol. The Balaban J connectivity index is 3.32. The van der Waals surface area contributed by atoms with Crippen molar-refractivity contribution in [1.29, 1.82) is 26.3 Å². The Morgan fingerprint density at radius 3 is 1.36 bits per heavy atom. The molecule has 0 radical (unpaired) electrons. The van der Waals surface area contributed by atoms with Crippen molar-refractivity contribution >= 4 is 11.1 Å². The van der Waals surface area contributed by atoms with Crippen LogP contribution in [0.15, 0.2) is 24.3 Å². The molecule has 0 fully saturated rings. The third-order valence-electron chi connectivity index (χ3n) is 4.62. The summed E-state index contributed by atoms with van der Waals surface area (Å²) in [4.78, 5) is 0. The first kappa shape index (κ1) is 27.2. The van der Waals surface area contributed by atoms with Crippen LogP contribution in [0.5, 0.6) is 0 Å². The molecule has 180 valence electrons. The van der Waals surface area contributed by atoms with Gasteiger partial charge in [-0.2, -0.15) is 65.8 Å². The second kappa shape index (κ2) is 9.33. The van der Waals surface area contributed by atoms with E-state index >= 15 is 0 Å². The Morgan fingerprint density at radius 1 is 0.583 bits per heavy atom. The SMILES string of the molecule is N#CC(C#N)=c1cc/c(=C(\C#N)c2cc(C(F)(F)F)c(C#N)c(C(F)(F)F)c2)c(C#N)c1C(F)(F)F. The van der Waals surface area contributed by atoms with E-state index in [0.29, 0.717) is 12.1 Å². The van der Waals surface area contributed by atoms with Crippen molar-refractivity contribution in [2.24, 2.45) is 0 Å². The van der Waals surface area contributed by atoms with Crippen LogP contribution >= 0.6 is 0 Å². The molecule has 0 saturated heterocycles. The van der Waals surface area contributed by atoms with Crippen molar-refractivity contribution in [3.63, 3.8) is 0 Å². The molecule has 2 aromatic carbocycles. The van der Waals surface area contributed by atoms with Gasteiger partial charge in [0.1, 0.15) is 35.9 Å². The average molecular weight is 509 g/mol. The topological polar surface area (TPSA) is 119 Å². The van der Waals surface area contributed by atoms with Crippen LogP contribution in [0.2, 0.25) is 0 Å². The van der Waals surface area contributed by atoms with E-state index in [4.69, 9.17) is 15.8 Å². The first-order valence-electron chi connectivity index (χ1n) is 8.88. The molecule has 5 nitrogen and oxygen atoms in total.